The van der Waals surface area contributed by atoms with Crippen molar-refractivity contribution in [2.45, 2.75) is 18.0 Å². The Bertz CT molecular complexity index is 44.9. The Morgan fingerprint density at radius 2 is 1.80 bits per heavy atom. The molecule has 0 aromatic rings. The second-order valence-electron chi connectivity index (χ2n) is 2.05. The van der Waals surface area contributed by atoms with Crippen LogP contribution in [0.2, 0.25) is 18.0 Å². The molecule has 0 aromatic carbocycles. The summed E-state index contributed by atoms with van der Waals surface area (Å²) in [6.07, 6.45) is 0. The van der Waals surface area contributed by atoms with E-state index in [0.29, 0.717) is 0 Å². The zero-order valence-corrected chi connectivity index (χ0v) is 6.33. The van der Waals surface area contributed by atoms with Gasteiger partial charge in [0.15, 0.2) is 0 Å². The summed E-state index contributed by atoms with van der Waals surface area (Å²) in [7, 11) is 0. The first-order valence-corrected chi connectivity index (χ1v) is 8.74. The first-order valence-electron chi connectivity index (χ1n) is 1.85. The van der Waals surface area contributed by atoms with Crippen molar-refractivity contribution in [1.82, 2.24) is 0 Å². The van der Waals surface area contributed by atoms with Crippen molar-refractivity contribution in [3.05, 3.63) is 0 Å². The number of hydrogen-bond donors (Lipinski definition) is 0. The summed E-state index contributed by atoms with van der Waals surface area (Å²) in [5.41, 5.74) is 0. The van der Waals surface area contributed by atoms with Crippen molar-refractivity contribution in [2.75, 3.05) is 0 Å². The van der Waals surface area contributed by atoms with E-state index in [9.17, 15) is 0 Å². The Morgan fingerprint density at radius 3 is 1.80 bits per heavy atom. The van der Waals surface area contributed by atoms with Crippen LogP contribution in [-0.4, -0.2) is 21.0 Å². The van der Waals surface area contributed by atoms with Crippen molar-refractivity contribution in [1.29, 1.82) is 0 Å². The molecule has 0 amide bonds. The molecule has 30 valence electrons. The van der Waals surface area contributed by atoms with E-state index in [1.165, 1.54) is 0 Å². The molecule has 0 aliphatic carbocycles. The van der Waals surface area contributed by atoms with E-state index in [1.807, 2.05) is 0 Å². The topological polar surface area (TPSA) is 0 Å². The van der Waals surface area contributed by atoms with Gasteiger partial charge in [0.25, 0.3) is 0 Å². The summed E-state index contributed by atoms with van der Waals surface area (Å²) in [5.74, 6) is 0. The molecule has 1 aliphatic rings. The number of rotatable bonds is 0. The molecule has 0 N–H and O–H groups in total. The molecule has 0 spiro atoms. The van der Waals surface area contributed by atoms with Crippen molar-refractivity contribution in [2.24, 2.45) is 0 Å². The van der Waals surface area contributed by atoms with E-state index in [0.717, 1.165) is 14.3 Å². The molecule has 1 aliphatic heterocycles. The van der Waals surface area contributed by atoms with E-state index < -0.39 is 0 Å². The minimum atomic E-state index is -0.299. The standard InChI is InChI=1S/C3H8SeSi/c1-5(2)3-4-5/h3H2,1-2H3. The maximum atomic E-state index is 2.47. The molecule has 0 atom stereocenters. The molecule has 1 heterocycles. The Kier molecular flexibility index (Phi) is 0.678. The van der Waals surface area contributed by atoms with Crippen LogP contribution in [0.4, 0.5) is 0 Å². The third kappa shape index (κ3) is 1.08. The molecule has 1 saturated heterocycles. The summed E-state index contributed by atoms with van der Waals surface area (Å²) in [6, 6.07) is 0. The Hall–Kier alpha value is 0.736. The fraction of sp³-hybridized carbons (Fsp3) is 1.00. The van der Waals surface area contributed by atoms with E-state index >= 15 is 0 Å². The van der Waals surface area contributed by atoms with Crippen LogP contribution in [-0.2, 0) is 0 Å². The van der Waals surface area contributed by atoms with Gasteiger partial charge in [-0.3, -0.25) is 0 Å². The van der Waals surface area contributed by atoms with Gasteiger partial charge < -0.3 is 0 Å². The van der Waals surface area contributed by atoms with Gasteiger partial charge in [-0.2, -0.15) is 0 Å². The molecular weight excluding hydrogens is 143 g/mol. The van der Waals surface area contributed by atoms with Gasteiger partial charge in [0.05, 0.1) is 0 Å². The molecule has 0 bridgehead atoms. The van der Waals surface area contributed by atoms with Crippen LogP contribution in [0.5, 0.6) is 0 Å². The van der Waals surface area contributed by atoms with Crippen LogP contribution in [0.3, 0.4) is 0 Å². The summed E-state index contributed by atoms with van der Waals surface area (Å²) < 4.78 is 0. The summed E-state index contributed by atoms with van der Waals surface area (Å²) in [4.78, 5) is 1.65. The van der Waals surface area contributed by atoms with E-state index in [-0.39, 0.29) is 6.68 Å². The van der Waals surface area contributed by atoms with E-state index in [2.05, 4.69) is 13.1 Å². The molecule has 0 nitrogen and oxygen atoms in total. The molecule has 5 heavy (non-hydrogen) atoms. The SMILES string of the molecule is C[Si]1(C)C[Se]1. The fourth-order valence-electron chi connectivity index (χ4n) is 0.144. The molecular formula is C3H8SeSi. The van der Waals surface area contributed by atoms with Gasteiger partial charge in [-0.1, -0.05) is 0 Å². The van der Waals surface area contributed by atoms with Gasteiger partial charge in [-0.25, -0.2) is 0 Å². The zero-order valence-electron chi connectivity index (χ0n) is 3.62. The average Bonchev–Trinajstić information content (AvgIpc) is 1.76. The van der Waals surface area contributed by atoms with Crippen LogP contribution in [0, 0.1) is 0 Å². The van der Waals surface area contributed by atoms with Gasteiger partial charge in [0, 0.05) is 0 Å². The fourth-order valence-corrected chi connectivity index (χ4v) is 6.75. The van der Waals surface area contributed by atoms with Crippen molar-refractivity contribution in [3.8, 4) is 0 Å². The molecule has 1 fully saturated rings. The van der Waals surface area contributed by atoms with Crippen LogP contribution in [0.15, 0.2) is 0 Å². The first kappa shape index (κ1) is 3.91. The predicted octanol–water partition coefficient (Wildman–Crippen LogP) is 0.867. The van der Waals surface area contributed by atoms with Crippen LogP contribution < -0.4 is 0 Å². The Morgan fingerprint density at radius 1 is 1.60 bits per heavy atom. The third-order valence-electron chi connectivity index (χ3n) is 0.722. The molecule has 0 unspecified atom stereocenters. The van der Waals surface area contributed by atoms with E-state index in [1.54, 1.807) is 4.94 Å². The molecule has 0 saturated carbocycles. The normalized spacial score (nSPS) is 30.0. The Labute approximate surface area is 39.6 Å². The van der Waals surface area contributed by atoms with Crippen LogP contribution in [0.25, 0.3) is 0 Å². The van der Waals surface area contributed by atoms with Gasteiger partial charge >= 0.3 is 39.0 Å². The van der Waals surface area contributed by atoms with Crippen LogP contribution in [0.1, 0.15) is 0 Å². The molecule has 1 rings (SSSR count). The second kappa shape index (κ2) is 0.866. The summed E-state index contributed by atoms with van der Waals surface area (Å²) in [5, 5.41) is 0. The van der Waals surface area contributed by atoms with Gasteiger partial charge in [-0.15, -0.1) is 0 Å². The van der Waals surface area contributed by atoms with Gasteiger partial charge in [0.1, 0.15) is 0 Å². The van der Waals surface area contributed by atoms with Crippen molar-refractivity contribution < 1.29 is 0 Å². The quantitative estimate of drug-likeness (QED) is 0.450. The Balaban J connectivity index is 2.38. The third-order valence-corrected chi connectivity index (χ3v) is 11.2. The summed E-state index contributed by atoms with van der Waals surface area (Å²) >= 11 is 1.16. The zero-order chi connectivity index (χ0) is 3.91. The van der Waals surface area contributed by atoms with Gasteiger partial charge in [-0.05, 0) is 0 Å². The van der Waals surface area contributed by atoms with Crippen LogP contribution >= 0.6 is 0 Å². The molecule has 2 heteroatoms. The first-order chi connectivity index (χ1) is 2.21. The maximum absolute atomic E-state index is 2.47. The van der Waals surface area contributed by atoms with E-state index in [4.69, 9.17) is 0 Å². The molecule has 0 radical (unpaired) electrons. The average molecular weight is 151 g/mol. The summed E-state index contributed by atoms with van der Waals surface area (Å²) in [6.45, 7) is 4.63. The predicted molar refractivity (Wildman–Crippen MR) is 28.0 cm³/mol. The monoisotopic (exact) mass is 152 g/mol. The van der Waals surface area contributed by atoms with Gasteiger partial charge in [0.2, 0.25) is 0 Å². The number of hydrogen-bond acceptors (Lipinski definition) is 0. The van der Waals surface area contributed by atoms with Crippen molar-refractivity contribution in [3.63, 3.8) is 0 Å². The van der Waals surface area contributed by atoms with Crippen molar-refractivity contribution >= 4 is 21.0 Å². The molecule has 0 aromatic heterocycles. The second-order valence-corrected chi connectivity index (χ2v) is 16.7. The minimum absolute atomic E-state index is 0.299.